The van der Waals surface area contributed by atoms with Crippen LogP contribution in [0.4, 0.5) is 26.3 Å². The Labute approximate surface area is 156 Å². The fourth-order valence-electron chi connectivity index (χ4n) is 2.15. The van der Waals surface area contributed by atoms with E-state index >= 15 is 0 Å². The molecule has 0 bridgehead atoms. The molecule has 2 aromatic carbocycles. The summed E-state index contributed by atoms with van der Waals surface area (Å²) in [4.78, 5) is 19.2. The summed E-state index contributed by atoms with van der Waals surface area (Å²) in [7, 11) is 0. The Bertz CT molecular complexity index is 813. The quantitative estimate of drug-likeness (QED) is 0.506. The van der Waals surface area contributed by atoms with Crippen molar-refractivity contribution in [2.45, 2.75) is 12.4 Å². The van der Waals surface area contributed by atoms with Crippen LogP contribution in [0, 0.1) is 0 Å². The number of benzene rings is 2. The first-order valence-corrected chi connectivity index (χ1v) is 7.91. The van der Waals surface area contributed by atoms with Crippen LogP contribution in [0.15, 0.2) is 58.5 Å². The molecule has 0 N–H and O–H groups in total. The van der Waals surface area contributed by atoms with Crippen molar-refractivity contribution in [1.29, 1.82) is 0 Å². The molecule has 0 unspecified atom stereocenters. The van der Waals surface area contributed by atoms with Gasteiger partial charge in [0, 0.05) is 12.4 Å². The SMILES string of the molecule is O=C(CN=Cc1cccc(C(F)(F)F)c1)CN=Cc1cccc(C(F)(F)F)c1. The van der Waals surface area contributed by atoms with Gasteiger partial charge in [-0.2, -0.15) is 26.3 Å². The lowest BCUT2D eigenvalue weighted by Crippen LogP contribution is -2.08. The number of alkyl halides is 6. The minimum Gasteiger partial charge on any atom is -0.296 e. The number of halogens is 6. The highest BCUT2D eigenvalue weighted by atomic mass is 19.4. The maximum atomic E-state index is 12.6. The first kappa shape index (κ1) is 21.3. The van der Waals surface area contributed by atoms with Crippen LogP contribution in [0.2, 0.25) is 0 Å². The topological polar surface area (TPSA) is 41.8 Å². The van der Waals surface area contributed by atoms with Crippen LogP contribution in [0.25, 0.3) is 0 Å². The highest BCUT2D eigenvalue weighted by Crippen LogP contribution is 2.30. The first-order valence-electron chi connectivity index (χ1n) is 7.91. The Hall–Kier alpha value is -2.97. The van der Waals surface area contributed by atoms with E-state index in [-0.39, 0.29) is 24.2 Å². The van der Waals surface area contributed by atoms with Crippen molar-refractivity contribution in [1.82, 2.24) is 0 Å². The lowest BCUT2D eigenvalue weighted by molar-refractivity contribution is -0.138. The molecule has 2 aromatic rings. The van der Waals surface area contributed by atoms with Crippen molar-refractivity contribution in [3.63, 3.8) is 0 Å². The average Bonchev–Trinajstić information content (AvgIpc) is 2.61. The van der Waals surface area contributed by atoms with E-state index in [0.29, 0.717) is 0 Å². The van der Waals surface area contributed by atoms with Crippen LogP contribution >= 0.6 is 0 Å². The van der Waals surface area contributed by atoms with Crippen LogP contribution in [0.1, 0.15) is 22.3 Å². The van der Waals surface area contributed by atoms with Crippen LogP contribution in [-0.2, 0) is 17.1 Å². The van der Waals surface area contributed by atoms with Gasteiger partial charge in [-0.3, -0.25) is 14.8 Å². The number of rotatable bonds is 6. The minimum atomic E-state index is -4.47. The monoisotopic (exact) mass is 400 g/mol. The molecule has 3 nitrogen and oxygen atoms in total. The van der Waals surface area contributed by atoms with E-state index < -0.39 is 29.3 Å². The Morgan fingerprint density at radius 2 is 1.14 bits per heavy atom. The molecular weight excluding hydrogens is 386 g/mol. The van der Waals surface area contributed by atoms with Gasteiger partial charge in [-0.25, -0.2) is 0 Å². The molecule has 0 spiro atoms. The molecular formula is C19H14F6N2O. The van der Waals surface area contributed by atoms with Gasteiger partial charge in [0.25, 0.3) is 0 Å². The predicted octanol–water partition coefficient (Wildman–Crippen LogP) is 4.83. The van der Waals surface area contributed by atoms with Crippen LogP contribution < -0.4 is 0 Å². The number of nitrogens with zero attached hydrogens (tertiary/aromatic N) is 2. The van der Waals surface area contributed by atoms with E-state index in [0.717, 1.165) is 36.7 Å². The maximum Gasteiger partial charge on any atom is 0.416 e. The molecule has 0 aliphatic rings. The maximum absolute atomic E-state index is 12.6. The molecule has 0 radical (unpaired) electrons. The molecule has 148 valence electrons. The van der Waals surface area contributed by atoms with Crippen LogP contribution in [0.3, 0.4) is 0 Å². The number of aliphatic imine (C=N–C) groups is 2. The summed E-state index contributed by atoms with van der Waals surface area (Å²) in [5.41, 5.74) is -1.27. The zero-order valence-corrected chi connectivity index (χ0v) is 14.3. The van der Waals surface area contributed by atoms with Gasteiger partial charge in [-0.05, 0) is 35.4 Å². The second-order valence-electron chi connectivity index (χ2n) is 5.72. The van der Waals surface area contributed by atoms with E-state index in [1.165, 1.54) is 24.3 Å². The first-order chi connectivity index (χ1) is 13.1. The Balaban J connectivity index is 1.90. The number of ketones is 1. The smallest absolute Gasteiger partial charge is 0.296 e. The van der Waals surface area contributed by atoms with E-state index in [1.807, 2.05) is 0 Å². The molecule has 0 aromatic heterocycles. The molecule has 0 aliphatic carbocycles. The van der Waals surface area contributed by atoms with Gasteiger partial charge >= 0.3 is 12.4 Å². The van der Waals surface area contributed by atoms with Crippen LogP contribution in [-0.4, -0.2) is 31.3 Å². The number of carbonyl (C=O) groups excluding carboxylic acids is 1. The van der Waals surface area contributed by atoms with Gasteiger partial charge in [0.15, 0.2) is 5.78 Å². The summed E-state index contributed by atoms with van der Waals surface area (Å²) in [5.74, 6) is -0.438. The molecule has 0 aliphatic heterocycles. The molecule has 0 fully saturated rings. The van der Waals surface area contributed by atoms with Crippen molar-refractivity contribution in [3.8, 4) is 0 Å². The van der Waals surface area contributed by atoms with Gasteiger partial charge < -0.3 is 0 Å². The second kappa shape index (κ2) is 8.81. The molecule has 0 saturated carbocycles. The molecule has 0 atom stereocenters. The van der Waals surface area contributed by atoms with E-state index in [2.05, 4.69) is 9.98 Å². The Morgan fingerprint density at radius 1 is 0.750 bits per heavy atom. The number of hydrogen-bond acceptors (Lipinski definition) is 3. The van der Waals surface area contributed by atoms with Gasteiger partial charge in [0.1, 0.15) is 0 Å². The molecule has 9 heteroatoms. The normalized spacial score (nSPS) is 12.8. The molecule has 0 heterocycles. The Kier molecular flexibility index (Phi) is 6.71. The molecule has 0 saturated heterocycles. The second-order valence-corrected chi connectivity index (χ2v) is 5.72. The molecule has 28 heavy (non-hydrogen) atoms. The van der Waals surface area contributed by atoms with E-state index in [9.17, 15) is 31.1 Å². The standard InChI is InChI=1S/C19H14F6N2O/c20-18(21,22)15-5-1-3-13(7-15)9-26-11-17(28)12-27-10-14-4-2-6-16(8-14)19(23,24)25/h1-10H,11-12H2. The zero-order chi connectivity index (χ0) is 20.8. The zero-order valence-electron chi connectivity index (χ0n) is 14.3. The largest absolute Gasteiger partial charge is 0.416 e. The summed E-state index contributed by atoms with van der Waals surface area (Å²) in [5, 5.41) is 0. The van der Waals surface area contributed by atoms with Gasteiger partial charge in [0.05, 0.1) is 24.2 Å². The summed E-state index contributed by atoms with van der Waals surface area (Å²) in [6.07, 6.45) is -6.66. The van der Waals surface area contributed by atoms with Gasteiger partial charge in [0.2, 0.25) is 0 Å². The summed E-state index contributed by atoms with van der Waals surface area (Å²) in [6, 6.07) is 8.93. The fraction of sp³-hybridized carbons (Fsp3) is 0.211. The highest BCUT2D eigenvalue weighted by molar-refractivity contribution is 5.88. The fourth-order valence-corrected chi connectivity index (χ4v) is 2.15. The van der Waals surface area contributed by atoms with Crippen LogP contribution in [0.5, 0.6) is 0 Å². The van der Waals surface area contributed by atoms with Crippen molar-refractivity contribution in [3.05, 3.63) is 70.8 Å². The van der Waals surface area contributed by atoms with Crippen molar-refractivity contribution >= 4 is 18.2 Å². The average molecular weight is 400 g/mol. The third-order valence-corrected chi connectivity index (χ3v) is 3.44. The minimum absolute atomic E-state index is 0.190. The number of hydrogen-bond donors (Lipinski definition) is 0. The summed E-state index contributed by atoms with van der Waals surface area (Å²) in [6.45, 7) is -0.619. The molecule has 0 amide bonds. The summed E-state index contributed by atoms with van der Waals surface area (Å²) >= 11 is 0. The van der Waals surface area contributed by atoms with Crippen molar-refractivity contribution in [2.75, 3.05) is 13.1 Å². The van der Waals surface area contributed by atoms with Gasteiger partial charge in [-0.15, -0.1) is 0 Å². The third kappa shape index (κ3) is 6.64. The lowest BCUT2D eigenvalue weighted by Gasteiger charge is -2.06. The van der Waals surface area contributed by atoms with E-state index in [4.69, 9.17) is 0 Å². The third-order valence-electron chi connectivity index (χ3n) is 3.44. The highest BCUT2D eigenvalue weighted by Gasteiger charge is 2.30. The summed E-state index contributed by atoms with van der Waals surface area (Å²) < 4.78 is 75.7. The lowest BCUT2D eigenvalue weighted by atomic mass is 10.1. The van der Waals surface area contributed by atoms with Crippen molar-refractivity contribution in [2.24, 2.45) is 9.98 Å². The van der Waals surface area contributed by atoms with E-state index in [1.54, 1.807) is 0 Å². The Morgan fingerprint density at radius 3 is 1.50 bits per heavy atom. The van der Waals surface area contributed by atoms with Crippen molar-refractivity contribution < 1.29 is 31.1 Å². The number of carbonyl (C=O) groups is 1. The van der Waals surface area contributed by atoms with Gasteiger partial charge in [-0.1, -0.05) is 24.3 Å². The predicted molar refractivity (Wildman–Crippen MR) is 92.8 cm³/mol. The molecule has 2 rings (SSSR count). The number of Topliss-reactive ketones (excluding diaryl/α,β-unsaturated/α-hetero) is 1.